The Balaban J connectivity index is 1.88. The Hall–Kier alpha value is -3.94. The molecule has 3 rings (SSSR count). The molecule has 2 aromatic carbocycles. The zero-order chi connectivity index (χ0) is 43.5. The van der Waals surface area contributed by atoms with Gasteiger partial charge in [-0.15, -0.1) is 0 Å². The average Bonchev–Trinajstić information content (AvgIpc) is 3.19. The van der Waals surface area contributed by atoms with Gasteiger partial charge in [0.1, 0.15) is 39.6 Å². The molecule has 1 aliphatic rings. The summed E-state index contributed by atoms with van der Waals surface area (Å²) in [4.78, 5) is 69.9. The Morgan fingerprint density at radius 2 is 1.44 bits per heavy atom. The van der Waals surface area contributed by atoms with E-state index in [1.165, 1.54) is 100 Å². The van der Waals surface area contributed by atoms with Gasteiger partial charge in [-0.25, -0.2) is 0 Å². The Morgan fingerprint density at radius 1 is 0.847 bits per heavy atom. The Labute approximate surface area is 362 Å². The number of carbonyl (C=O) groups is 5. The van der Waals surface area contributed by atoms with E-state index in [1.807, 2.05) is 0 Å². The van der Waals surface area contributed by atoms with Gasteiger partial charge >= 0.3 is 7.12 Å². The van der Waals surface area contributed by atoms with Gasteiger partial charge in [0.15, 0.2) is 0 Å². The van der Waals surface area contributed by atoms with Crippen LogP contribution in [0.1, 0.15) is 127 Å². The molecule has 59 heavy (non-hydrogen) atoms. The van der Waals surface area contributed by atoms with Gasteiger partial charge in [0, 0.05) is 31.0 Å². The summed E-state index contributed by atoms with van der Waals surface area (Å²) in [5.74, 6) is -3.54. The van der Waals surface area contributed by atoms with Crippen LogP contribution in [0.4, 0.5) is 0 Å². The van der Waals surface area contributed by atoms with E-state index in [0.29, 0.717) is 31.4 Å². The van der Waals surface area contributed by atoms with Crippen molar-refractivity contribution >= 4 is 59.2 Å². The maximum atomic E-state index is 14.4. The number of fused-ring (bicyclic) bond motifs is 5. The average molecular weight is 935 g/mol. The van der Waals surface area contributed by atoms with Gasteiger partial charge in [0.2, 0.25) is 29.5 Å². The van der Waals surface area contributed by atoms with E-state index >= 15 is 0 Å². The standard InChI is InChI=1S/C42H64BIN6O9/c1-4-5-6-7-8-9-10-11-12-13-14-18-36(53)47-32(17-15-16-23-45)41(57)50(3)37-29-20-22-35(52)31(26-29)30-24-28(19-21-34(30)51)25-33(39(55)49-42(44)43(58)59)48-38(54)27(2)46-40(37)56/h19-22,24,26-27,32-33,37,42,51-52,58-59H,4-18,23,25,45H2,1-3H3,(H,46,56)(H,47,53)(H,48,54)(H,49,55)/t27-,32-,33-,37-,42+/m0/s1. The molecule has 0 unspecified atom stereocenters. The fraction of sp³-hybridized carbons (Fsp3) is 0.595. The van der Waals surface area contributed by atoms with E-state index < -0.39 is 58.9 Å². The summed E-state index contributed by atoms with van der Waals surface area (Å²) in [6.45, 7) is 4.02. The minimum absolute atomic E-state index is 0.104. The maximum Gasteiger partial charge on any atom is 0.486 e. The van der Waals surface area contributed by atoms with E-state index in [0.717, 1.165) is 19.3 Å². The highest BCUT2D eigenvalue weighted by atomic mass is 127. The van der Waals surface area contributed by atoms with Gasteiger partial charge in [-0.3, -0.25) is 24.0 Å². The predicted octanol–water partition coefficient (Wildman–Crippen LogP) is 4.01. The van der Waals surface area contributed by atoms with Crippen molar-refractivity contribution in [3.8, 4) is 22.6 Å². The molecule has 0 saturated carbocycles. The highest BCUT2D eigenvalue weighted by Crippen LogP contribution is 2.39. The molecule has 17 heteroatoms. The van der Waals surface area contributed by atoms with Gasteiger partial charge < -0.3 is 52.2 Å². The topological polar surface area (TPSA) is 244 Å². The van der Waals surface area contributed by atoms with Crippen molar-refractivity contribution in [3.05, 3.63) is 47.5 Å². The van der Waals surface area contributed by atoms with Gasteiger partial charge in [-0.1, -0.05) is 106 Å². The number of phenols is 2. The Kier molecular flexibility index (Phi) is 21.5. The number of carbonyl (C=O) groups excluding carboxylic acids is 5. The summed E-state index contributed by atoms with van der Waals surface area (Å²) < 4.78 is -1.11. The monoisotopic (exact) mass is 934 g/mol. The number of rotatable bonds is 22. The highest BCUT2D eigenvalue weighted by molar-refractivity contribution is 14.1. The molecule has 5 atom stereocenters. The second-order valence-electron chi connectivity index (χ2n) is 15.5. The SMILES string of the molecule is CCCCCCCCCCCCCC(=O)N[C@@H](CCCCN)C(=O)N(C)[C@@H]1C(=O)N[C@@H](C)C(=O)N[C@H](C(=O)N[C@@H](I)B(O)O)Cc2ccc(O)c(c2)-c2cc1ccc2O. The van der Waals surface area contributed by atoms with Crippen LogP contribution in [-0.2, 0) is 30.4 Å². The molecule has 0 radical (unpaired) electrons. The normalized spacial score (nSPS) is 17.8. The van der Waals surface area contributed by atoms with Crippen molar-refractivity contribution in [3.63, 3.8) is 0 Å². The van der Waals surface area contributed by atoms with Crippen molar-refractivity contribution in [1.82, 2.24) is 26.2 Å². The molecule has 0 fully saturated rings. The van der Waals surface area contributed by atoms with Gasteiger partial charge in [-0.05, 0) is 74.5 Å². The molecular weight excluding hydrogens is 870 g/mol. The lowest BCUT2D eigenvalue weighted by Gasteiger charge is -2.32. The minimum Gasteiger partial charge on any atom is -0.507 e. The van der Waals surface area contributed by atoms with Crippen molar-refractivity contribution in [2.24, 2.45) is 5.73 Å². The van der Waals surface area contributed by atoms with Crippen LogP contribution in [-0.4, -0.2) is 97.5 Å². The molecule has 10 N–H and O–H groups in total. The molecule has 0 spiro atoms. The second-order valence-corrected chi connectivity index (χ2v) is 16.8. The first kappa shape index (κ1) is 49.4. The third-order valence-corrected chi connectivity index (χ3v) is 11.6. The van der Waals surface area contributed by atoms with Crippen LogP contribution >= 0.6 is 22.6 Å². The summed E-state index contributed by atoms with van der Waals surface area (Å²) in [7, 11) is -0.463. The summed E-state index contributed by atoms with van der Waals surface area (Å²) in [5, 5.41) is 51.8. The molecule has 326 valence electrons. The lowest BCUT2D eigenvalue weighted by Crippen LogP contribution is -2.57. The van der Waals surface area contributed by atoms with Crippen LogP contribution < -0.4 is 27.0 Å². The number of hydrogen-bond donors (Lipinski definition) is 9. The quantitative estimate of drug-likeness (QED) is 0.0270. The number of halogens is 1. The van der Waals surface area contributed by atoms with E-state index in [9.17, 15) is 44.2 Å². The summed E-state index contributed by atoms with van der Waals surface area (Å²) in [6.07, 6.45) is 14.1. The summed E-state index contributed by atoms with van der Waals surface area (Å²) in [6, 6.07) is 3.87. The van der Waals surface area contributed by atoms with Crippen LogP contribution in [0.15, 0.2) is 36.4 Å². The zero-order valence-corrected chi connectivity index (χ0v) is 36.8. The fourth-order valence-corrected chi connectivity index (χ4v) is 7.47. The van der Waals surface area contributed by atoms with E-state index in [2.05, 4.69) is 28.2 Å². The molecular formula is C42H64BIN6O9. The lowest BCUT2D eigenvalue weighted by molar-refractivity contribution is -0.143. The Bertz CT molecular complexity index is 1700. The molecule has 5 amide bonds. The maximum absolute atomic E-state index is 14.4. The number of aromatic hydroxyl groups is 2. The zero-order valence-electron chi connectivity index (χ0n) is 34.7. The van der Waals surface area contributed by atoms with Crippen molar-refractivity contribution in [1.29, 1.82) is 0 Å². The molecule has 0 aliphatic carbocycles. The largest absolute Gasteiger partial charge is 0.507 e. The second kappa shape index (κ2) is 25.6. The van der Waals surface area contributed by atoms with Gasteiger partial charge in [0.25, 0.3) is 0 Å². The number of alkyl halides is 1. The summed E-state index contributed by atoms with van der Waals surface area (Å²) in [5.41, 5.74) is 6.76. The third kappa shape index (κ3) is 15.9. The van der Waals surface area contributed by atoms with Gasteiger partial charge in [-0.2, -0.15) is 0 Å². The molecule has 1 heterocycles. The lowest BCUT2D eigenvalue weighted by atomic mass is 9.91. The third-order valence-electron chi connectivity index (χ3n) is 10.6. The minimum atomic E-state index is -1.89. The number of likely N-dealkylation sites (N-methyl/N-ethyl adjacent to an activating group) is 1. The van der Waals surface area contributed by atoms with Gasteiger partial charge in [0.05, 0.1) is 0 Å². The van der Waals surface area contributed by atoms with Crippen LogP contribution in [0.3, 0.4) is 0 Å². The van der Waals surface area contributed by atoms with E-state index in [-0.39, 0.29) is 53.4 Å². The van der Waals surface area contributed by atoms with Crippen molar-refractivity contribution < 1.29 is 44.2 Å². The number of amides is 5. The first-order chi connectivity index (χ1) is 28.2. The number of nitrogens with zero attached hydrogens (tertiary/aromatic N) is 1. The number of benzene rings is 2. The first-order valence-corrected chi connectivity index (χ1v) is 22.3. The Morgan fingerprint density at radius 3 is 2.05 bits per heavy atom. The fourth-order valence-electron chi connectivity index (χ4n) is 7.17. The van der Waals surface area contributed by atoms with Crippen molar-refractivity contribution in [2.45, 2.75) is 145 Å². The molecule has 0 saturated heterocycles. The van der Waals surface area contributed by atoms with E-state index in [4.69, 9.17) is 5.73 Å². The molecule has 15 nitrogen and oxygen atoms in total. The highest BCUT2D eigenvalue weighted by Gasteiger charge is 2.36. The number of nitrogens with two attached hydrogens (primary N) is 1. The number of unbranched alkanes of at least 4 members (excludes halogenated alkanes) is 11. The van der Waals surface area contributed by atoms with Crippen LogP contribution in [0, 0.1) is 0 Å². The van der Waals surface area contributed by atoms with E-state index in [1.54, 1.807) is 22.6 Å². The van der Waals surface area contributed by atoms with Crippen molar-refractivity contribution in [2.75, 3.05) is 13.6 Å². The van der Waals surface area contributed by atoms with Crippen LogP contribution in [0.5, 0.6) is 11.5 Å². The first-order valence-electron chi connectivity index (χ1n) is 21.0. The van der Waals surface area contributed by atoms with Crippen LogP contribution in [0.25, 0.3) is 11.1 Å². The molecule has 0 aromatic heterocycles. The van der Waals surface area contributed by atoms with Crippen LogP contribution in [0.2, 0.25) is 0 Å². The summed E-state index contributed by atoms with van der Waals surface area (Å²) >= 11 is 1.63. The number of hydrogen-bond acceptors (Lipinski definition) is 10. The molecule has 2 aromatic rings. The predicted molar refractivity (Wildman–Crippen MR) is 236 cm³/mol. The smallest absolute Gasteiger partial charge is 0.486 e. The number of phenolic OH excluding ortho intramolecular Hbond substituents is 2. The molecule has 1 aliphatic heterocycles. The molecule has 4 bridgehead atoms. The number of nitrogens with one attached hydrogen (secondary N) is 4.